The molecule has 1 spiro atoms. The van der Waals surface area contributed by atoms with Crippen LogP contribution in [0.2, 0.25) is 0 Å². The van der Waals surface area contributed by atoms with Crippen LogP contribution in [0.25, 0.3) is 0 Å². The molecule has 1 fully saturated rings. The first-order chi connectivity index (χ1) is 13.2. The molecule has 0 saturated heterocycles. The van der Waals surface area contributed by atoms with E-state index >= 15 is 0 Å². The highest BCUT2D eigenvalue weighted by molar-refractivity contribution is 6.08. The number of fused-ring (bicyclic) bond motifs is 2. The van der Waals surface area contributed by atoms with Gasteiger partial charge in [0, 0.05) is 5.69 Å². The van der Waals surface area contributed by atoms with Gasteiger partial charge in [-0.2, -0.15) is 0 Å². The molecule has 0 radical (unpaired) electrons. The fourth-order valence-corrected chi connectivity index (χ4v) is 4.93. The monoisotopic (exact) mass is 402 g/mol. The van der Waals surface area contributed by atoms with Crippen molar-refractivity contribution in [2.24, 2.45) is 0 Å². The van der Waals surface area contributed by atoms with Crippen LogP contribution in [0.1, 0.15) is 55.7 Å². The number of halogens is 2. The number of carbonyl (C=O) groups excluding carboxylic acids is 1. The number of nitrogens with zero attached hydrogens (tertiary/aromatic N) is 1. The van der Waals surface area contributed by atoms with Crippen molar-refractivity contribution in [3.8, 4) is 0 Å². The predicted molar refractivity (Wildman–Crippen MR) is 114 cm³/mol. The third-order valence-electron chi connectivity index (χ3n) is 6.23. The normalized spacial score (nSPS) is 18.6. The summed E-state index contributed by atoms with van der Waals surface area (Å²) in [5, 5.41) is 3.18. The molecule has 1 heterocycles. The molecule has 1 N–H and O–H groups in total. The van der Waals surface area contributed by atoms with Crippen molar-refractivity contribution in [3.05, 3.63) is 65.5 Å². The van der Waals surface area contributed by atoms with Gasteiger partial charge in [-0.1, -0.05) is 49.6 Å². The number of carbonyl (C=O) groups is 1. The van der Waals surface area contributed by atoms with Crippen molar-refractivity contribution in [1.29, 1.82) is 0 Å². The third-order valence-corrected chi connectivity index (χ3v) is 6.23. The smallest absolute Gasteiger partial charge is 0.238 e. The molecule has 3 nitrogen and oxygen atoms in total. The number of benzene rings is 2. The molecule has 0 unspecified atom stereocenters. The summed E-state index contributed by atoms with van der Waals surface area (Å²) >= 11 is 0. The second kappa shape index (κ2) is 8.62. The van der Waals surface area contributed by atoms with E-state index in [4.69, 9.17) is 0 Å². The Kier molecular flexibility index (Phi) is 6.41. The maximum absolute atomic E-state index is 14.0. The molecule has 2 aromatic carbocycles. The lowest BCUT2D eigenvalue weighted by molar-refractivity contribution is -0.124. The number of anilines is 1. The highest BCUT2D eigenvalue weighted by Crippen LogP contribution is 2.52. The Balaban J connectivity index is 0.00000225. The van der Waals surface area contributed by atoms with E-state index < -0.39 is 0 Å². The minimum absolute atomic E-state index is 0. The van der Waals surface area contributed by atoms with Crippen LogP contribution in [0, 0.1) is 5.82 Å². The van der Waals surface area contributed by atoms with Gasteiger partial charge in [0.05, 0.1) is 11.5 Å². The SMILES string of the molecule is CNCC[C@@H](c1cccc(F)c1)N1C(=O)C2(CCCCC2)c2ccccc21.Cl. The first-order valence-corrected chi connectivity index (χ1v) is 10.0. The summed E-state index contributed by atoms with van der Waals surface area (Å²) in [5.41, 5.74) is 2.65. The van der Waals surface area contributed by atoms with E-state index in [2.05, 4.69) is 17.4 Å². The van der Waals surface area contributed by atoms with Crippen LogP contribution in [-0.4, -0.2) is 19.5 Å². The number of rotatable bonds is 5. The fraction of sp³-hybridized carbons (Fsp3) is 0.435. The van der Waals surface area contributed by atoms with Crippen LogP contribution >= 0.6 is 12.4 Å². The van der Waals surface area contributed by atoms with Gasteiger partial charge in [-0.05, 0) is 62.2 Å². The molecule has 4 rings (SSSR count). The van der Waals surface area contributed by atoms with E-state index in [1.807, 2.05) is 30.1 Å². The summed E-state index contributed by atoms with van der Waals surface area (Å²) in [6.07, 6.45) is 5.97. The maximum atomic E-state index is 14.0. The average molecular weight is 403 g/mol. The van der Waals surface area contributed by atoms with Crippen LogP contribution in [0.3, 0.4) is 0 Å². The molecular formula is C23H28ClFN2O. The lowest BCUT2D eigenvalue weighted by Crippen LogP contribution is -2.43. The molecule has 2 aliphatic rings. The van der Waals surface area contributed by atoms with Crippen molar-refractivity contribution in [3.63, 3.8) is 0 Å². The van der Waals surface area contributed by atoms with Gasteiger partial charge < -0.3 is 10.2 Å². The summed E-state index contributed by atoms with van der Waals surface area (Å²) in [5.74, 6) is -0.0527. The van der Waals surface area contributed by atoms with Crippen LogP contribution < -0.4 is 10.2 Å². The van der Waals surface area contributed by atoms with E-state index in [-0.39, 0.29) is 35.6 Å². The van der Waals surface area contributed by atoms with E-state index in [9.17, 15) is 9.18 Å². The van der Waals surface area contributed by atoms with Crippen LogP contribution in [-0.2, 0) is 10.2 Å². The standard InChI is InChI=1S/C23H27FN2O.ClH/c1-25-15-12-20(17-8-7-9-18(24)16-17)26-21-11-4-3-10-19(21)23(22(26)27)13-5-2-6-14-23;/h3-4,7-11,16,20,25H,2,5-6,12-15H2,1H3;1H/t20-;/m0./s1. The van der Waals surface area contributed by atoms with Gasteiger partial charge >= 0.3 is 0 Å². The molecule has 1 aliphatic heterocycles. The van der Waals surface area contributed by atoms with E-state index in [0.29, 0.717) is 0 Å². The van der Waals surface area contributed by atoms with Gasteiger partial charge in [-0.25, -0.2) is 4.39 Å². The molecular weight excluding hydrogens is 375 g/mol. The second-order valence-electron chi connectivity index (χ2n) is 7.80. The summed E-state index contributed by atoms with van der Waals surface area (Å²) in [7, 11) is 1.91. The predicted octanol–water partition coefficient (Wildman–Crippen LogP) is 5.15. The maximum Gasteiger partial charge on any atom is 0.238 e. The fourth-order valence-electron chi connectivity index (χ4n) is 4.93. The molecule has 0 bridgehead atoms. The molecule has 1 aliphatic carbocycles. The zero-order valence-corrected chi connectivity index (χ0v) is 17.1. The van der Waals surface area contributed by atoms with E-state index in [1.54, 1.807) is 12.1 Å². The van der Waals surface area contributed by atoms with Crippen molar-refractivity contribution < 1.29 is 9.18 Å². The van der Waals surface area contributed by atoms with Crippen molar-refractivity contribution in [2.75, 3.05) is 18.5 Å². The number of nitrogens with one attached hydrogen (secondary N) is 1. The largest absolute Gasteiger partial charge is 0.320 e. The quantitative estimate of drug-likeness (QED) is 0.750. The molecule has 1 amide bonds. The summed E-state index contributed by atoms with van der Waals surface area (Å²) in [4.78, 5) is 15.8. The van der Waals surface area contributed by atoms with Crippen LogP contribution in [0.15, 0.2) is 48.5 Å². The van der Waals surface area contributed by atoms with Gasteiger partial charge in [-0.3, -0.25) is 4.79 Å². The number of amides is 1. The highest BCUT2D eigenvalue weighted by Gasteiger charge is 2.52. The lowest BCUT2D eigenvalue weighted by Gasteiger charge is -2.35. The zero-order chi connectivity index (χ0) is 18.9. The molecule has 1 atom stereocenters. The molecule has 1 saturated carbocycles. The molecule has 2 aromatic rings. The Bertz CT molecular complexity index is 835. The summed E-state index contributed by atoms with van der Waals surface area (Å²) < 4.78 is 14.0. The third kappa shape index (κ3) is 3.44. The Morgan fingerprint density at radius 3 is 2.57 bits per heavy atom. The lowest BCUT2D eigenvalue weighted by atomic mass is 9.70. The Hall–Kier alpha value is -1.91. The number of hydrogen-bond donors (Lipinski definition) is 1. The summed E-state index contributed by atoms with van der Waals surface area (Å²) in [6, 6.07) is 14.8. The summed E-state index contributed by atoms with van der Waals surface area (Å²) in [6.45, 7) is 0.764. The first-order valence-electron chi connectivity index (χ1n) is 10.0. The molecule has 0 aromatic heterocycles. The highest BCUT2D eigenvalue weighted by atomic mass is 35.5. The van der Waals surface area contributed by atoms with Gasteiger partial charge in [0.15, 0.2) is 0 Å². The first kappa shape index (κ1) is 20.8. The second-order valence-corrected chi connectivity index (χ2v) is 7.80. The minimum Gasteiger partial charge on any atom is -0.320 e. The molecule has 150 valence electrons. The Morgan fingerprint density at radius 1 is 1.11 bits per heavy atom. The minimum atomic E-state index is -0.389. The van der Waals surface area contributed by atoms with Crippen LogP contribution in [0.4, 0.5) is 10.1 Å². The Labute approximate surface area is 172 Å². The molecule has 28 heavy (non-hydrogen) atoms. The number of hydrogen-bond acceptors (Lipinski definition) is 2. The van der Waals surface area contributed by atoms with Gasteiger partial charge in [-0.15, -0.1) is 12.4 Å². The van der Waals surface area contributed by atoms with Gasteiger partial charge in [0.25, 0.3) is 0 Å². The number of para-hydroxylation sites is 1. The van der Waals surface area contributed by atoms with Crippen LogP contribution in [0.5, 0.6) is 0 Å². The average Bonchev–Trinajstić information content (AvgIpc) is 2.92. The van der Waals surface area contributed by atoms with E-state index in [0.717, 1.165) is 49.9 Å². The van der Waals surface area contributed by atoms with Gasteiger partial charge in [0.1, 0.15) is 5.82 Å². The van der Waals surface area contributed by atoms with Crippen molar-refractivity contribution in [1.82, 2.24) is 5.32 Å². The topological polar surface area (TPSA) is 32.3 Å². The van der Waals surface area contributed by atoms with Crippen molar-refractivity contribution in [2.45, 2.75) is 50.0 Å². The van der Waals surface area contributed by atoms with Crippen molar-refractivity contribution >= 4 is 24.0 Å². The zero-order valence-electron chi connectivity index (χ0n) is 16.3. The Morgan fingerprint density at radius 2 is 1.86 bits per heavy atom. The van der Waals surface area contributed by atoms with Gasteiger partial charge in [0.2, 0.25) is 5.91 Å². The van der Waals surface area contributed by atoms with E-state index in [1.165, 1.54) is 18.1 Å². The molecule has 5 heteroatoms.